The van der Waals surface area contributed by atoms with Crippen LogP contribution in [0.15, 0.2) is 40.9 Å². The van der Waals surface area contributed by atoms with E-state index in [0.29, 0.717) is 6.04 Å². The first-order valence-corrected chi connectivity index (χ1v) is 8.00. The second-order valence-corrected chi connectivity index (χ2v) is 6.91. The highest BCUT2D eigenvalue weighted by molar-refractivity contribution is 9.10. The zero-order valence-corrected chi connectivity index (χ0v) is 12.8. The minimum Gasteiger partial charge on any atom is -0.335 e. The van der Waals surface area contributed by atoms with Crippen LogP contribution in [0.25, 0.3) is 10.8 Å². The Bertz CT molecular complexity index is 696. The summed E-state index contributed by atoms with van der Waals surface area (Å²) in [6.07, 6.45) is 3.71. The van der Waals surface area contributed by atoms with Crippen molar-refractivity contribution in [2.45, 2.75) is 25.3 Å². The minimum absolute atomic E-state index is 0.210. The Morgan fingerprint density at radius 3 is 2.65 bits per heavy atom. The van der Waals surface area contributed by atoms with Crippen molar-refractivity contribution in [1.82, 2.24) is 4.90 Å². The number of halogens is 1. The first kappa shape index (κ1) is 12.4. The smallest absolute Gasteiger partial charge is 0.254 e. The maximum atomic E-state index is 12.7. The first-order chi connectivity index (χ1) is 9.70. The van der Waals surface area contributed by atoms with E-state index in [-0.39, 0.29) is 5.91 Å². The van der Waals surface area contributed by atoms with Gasteiger partial charge < -0.3 is 4.90 Å². The Morgan fingerprint density at radius 2 is 1.90 bits per heavy atom. The maximum absolute atomic E-state index is 12.7. The number of fused-ring (bicyclic) bond motifs is 3. The van der Waals surface area contributed by atoms with Crippen molar-refractivity contribution in [1.29, 1.82) is 0 Å². The first-order valence-electron chi connectivity index (χ1n) is 7.21. The van der Waals surface area contributed by atoms with Gasteiger partial charge in [0.25, 0.3) is 5.91 Å². The summed E-state index contributed by atoms with van der Waals surface area (Å²) in [5.41, 5.74) is 0.826. The van der Waals surface area contributed by atoms with Gasteiger partial charge in [-0.3, -0.25) is 4.79 Å². The zero-order valence-electron chi connectivity index (χ0n) is 11.2. The SMILES string of the molecule is O=C(c1ccc2cc(Br)ccc2c1)N1CC2CCC1C2. The fraction of sp³-hybridized carbons (Fsp3) is 0.353. The summed E-state index contributed by atoms with van der Waals surface area (Å²) >= 11 is 3.48. The molecule has 102 valence electrons. The number of rotatable bonds is 1. The van der Waals surface area contributed by atoms with Crippen LogP contribution >= 0.6 is 15.9 Å². The molecule has 1 amide bonds. The third kappa shape index (κ3) is 1.96. The predicted octanol–water partition coefficient (Wildman–Crippen LogP) is 4.23. The molecule has 0 N–H and O–H groups in total. The number of hydrogen-bond acceptors (Lipinski definition) is 1. The predicted molar refractivity (Wildman–Crippen MR) is 83.8 cm³/mol. The van der Waals surface area contributed by atoms with Gasteiger partial charge in [-0.1, -0.05) is 28.1 Å². The van der Waals surface area contributed by atoms with E-state index in [9.17, 15) is 4.79 Å². The standard InChI is InChI=1S/C17H16BrNO/c18-15-5-4-12-8-14(3-2-13(12)9-15)17(20)19-10-11-1-6-16(19)7-11/h2-5,8-9,11,16H,1,6-7,10H2. The van der Waals surface area contributed by atoms with Crippen molar-refractivity contribution >= 4 is 32.6 Å². The second-order valence-electron chi connectivity index (χ2n) is 6.00. The van der Waals surface area contributed by atoms with E-state index in [4.69, 9.17) is 0 Å². The molecule has 2 aromatic rings. The third-order valence-corrected chi connectivity index (χ3v) is 5.21. The van der Waals surface area contributed by atoms with Crippen LogP contribution in [0.3, 0.4) is 0 Å². The van der Waals surface area contributed by atoms with E-state index in [1.54, 1.807) is 0 Å². The molecule has 1 aliphatic carbocycles. The molecule has 2 aliphatic rings. The molecule has 2 bridgehead atoms. The van der Waals surface area contributed by atoms with Gasteiger partial charge in [-0.2, -0.15) is 0 Å². The molecule has 1 aliphatic heterocycles. The number of benzene rings is 2. The molecular formula is C17H16BrNO. The van der Waals surface area contributed by atoms with Crippen LogP contribution in [0.4, 0.5) is 0 Å². The van der Waals surface area contributed by atoms with Crippen molar-refractivity contribution < 1.29 is 4.79 Å². The monoisotopic (exact) mass is 329 g/mol. The largest absolute Gasteiger partial charge is 0.335 e. The molecule has 0 radical (unpaired) electrons. The van der Waals surface area contributed by atoms with Crippen LogP contribution < -0.4 is 0 Å². The van der Waals surface area contributed by atoms with E-state index in [1.807, 2.05) is 24.3 Å². The molecular weight excluding hydrogens is 314 g/mol. The fourth-order valence-electron chi connectivity index (χ4n) is 3.69. The molecule has 0 aromatic heterocycles. The highest BCUT2D eigenvalue weighted by Crippen LogP contribution is 2.38. The summed E-state index contributed by atoms with van der Waals surface area (Å²) in [6, 6.07) is 12.7. The van der Waals surface area contributed by atoms with Crippen molar-refractivity contribution in [3.8, 4) is 0 Å². The van der Waals surface area contributed by atoms with Gasteiger partial charge in [-0.05, 0) is 60.2 Å². The molecule has 20 heavy (non-hydrogen) atoms. The average Bonchev–Trinajstić information content (AvgIpc) is 3.08. The van der Waals surface area contributed by atoms with Crippen LogP contribution in [0.2, 0.25) is 0 Å². The summed E-state index contributed by atoms with van der Waals surface area (Å²) < 4.78 is 1.07. The summed E-state index contributed by atoms with van der Waals surface area (Å²) in [7, 11) is 0. The normalized spacial score (nSPS) is 24.6. The second kappa shape index (κ2) is 4.59. The zero-order chi connectivity index (χ0) is 13.7. The van der Waals surface area contributed by atoms with Gasteiger partial charge in [0.2, 0.25) is 0 Å². The molecule has 1 saturated heterocycles. The topological polar surface area (TPSA) is 20.3 Å². The van der Waals surface area contributed by atoms with Gasteiger partial charge in [0, 0.05) is 22.6 Å². The van der Waals surface area contributed by atoms with Crippen molar-refractivity contribution in [3.05, 3.63) is 46.4 Å². The van der Waals surface area contributed by atoms with Gasteiger partial charge in [-0.15, -0.1) is 0 Å². The molecule has 4 rings (SSSR count). The quantitative estimate of drug-likeness (QED) is 0.766. The number of amides is 1. The van der Waals surface area contributed by atoms with Crippen LogP contribution in [0.5, 0.6) is 0 Å². The molecule has 2 unspecified atom stereocenters. The van der Waals surface area contributed by atoms with Crippen molar-refractivity contribution in [2.24, 2.45) is 5.92 Å². The Morgan fingerprint density at radius 1 is 1.10 bits per heavy atom. The van der Waals surface area contributed by atoms with Gasteiger partial charge in [-0.25, -0.2) is 0 Å². The van der Waals surface area contributed by atoms with E-state index < -0.39 is 0 Å². The summed E-state index contributed by atoms with van der Waals surface area (Å²) in [4.78, 5) is 14.8. The lowest BCUT2D eigenvalue weighted by Gasteiger charge is -2.27. The maximum Gasteiger partial charge on any atom is 0.254 e. The van der Waals surface area contributed by atoms with Gasteiger partial charge in [0.15, 0.2) is 0 Å². The highest BCUT2D eigenvalue weighted by Gasteiger charge is 2.40. The Balaban J connectivity index is 1.68. The Kier molecular flexibility index (Phi) is 2.84. The molecule has 0 spiro atoms. The highest BCUT2D eigenvalue weighted by atomic mass is 79.9. The Hall–Kier alpha value is -1.35. The summed E-state index contributed by atoms with van der Waals surface area (Å²) in [5, 5.41) is 2.29. The lowest BCUT2D eigenvalue weighted by Crippen LogP contribution is -2.37. The molecule has 2 atom stereocenters. The molecule has 3 heteroatoms. The fourth-order valence-corrected chi connectivity index (χ4v) is 4.07. The molecule has 2 nitrogen and oxygen atoms in total. The summed E-state index contributed by atoms with van der Waals surface area (Å²) in [5.74, 6) is 0.961. The van der Waals surface area contributed by atoms with E-state index >= 15 is 0 Å². The van der Waals surface area contributed by atoms with Gasteiger partial charge in [0.05, 0.1) is 0 Å². The van der Waals surface area contributed by atoms with Crippen LogP contribution in [-0.4, -0.2) is 23.4 Å². The average molecular weight is 330 g/mol. The number of carbonyl (C=O) groups excluding carboxylic acids is 1. The van der Waals surface area contributed by atoms with E-state index in [2.05, 4.69) is 33.0 Å². The number of piperidine rings is 1. The molecule has 1 heterocycles. The number of likely N-dealkylation sites (tertiary alicyclic amines) is 1. The van der Waals surface area contributed by atoms with Crippen molar-refractivity contribution in [2.75, 3.05) is 6.54 Å². The van der Waals surface area contributed by atoms with Crippen LogP contribution in [0, 0.1) is 5.92 Å². The van der Waals surface area contributed by atoms with E-state index in [0.717, 1.165) is 27.9 Å². The van der Waals surface area contributed by atoms with Gasteiger partial charge in [0.1, 0.15) is 0 Å². The molecule has 2 aromatic carbocycles. The Labute approximate surface area is 126 Å². The number of hydrogen-bond donors (Lipinski definition) is 0. The lowest BCUT2D eigenvalue weighted by atomic mass is 10.0. The lowest BCUT2D eigenvalue weighted by molar-refractivity contribution is 0.0704. The van der Waals surface area contributed by atoms with Gasteiger partial charge >= 0.3 is 0 Å². The minimum atomic E-state index is 0.210. The number of nitrogens with zero attached hydrogens (tertiary/aromatic N) is 1. The third-order valence-electron chi connectivity index (χ3n) is 4.72. The molecule has 1 saturated carbocycles. The van der Waals surface area contributed by atoms with Crippen LogP contribution in [0.1, 0.15) is 29.6 Å². The van der Waals surface area contributed by atoms with E-state index in [1.165, 1.54) is 24.6 Å². The number of carbonyl (C=O) groups is 1. The summed E-state index contributed by atoms with van der Waals surface area (Å²) in [6.45, 7) is 0.960. The van der Waals surface area contributed by atoms with Crippen LogP contribution in [-0.2, 0) is 0 Å². The molecule has 2 fully saturated rings. The van der Waals surface area contributed by atoms with Crippen molar-refractivity contribution in [3.63, 3.8) is 0 Å².